The normalized spacial score (nSPS) is 19.5. The maximum absolute atomic E-state index is 13.1. The number of carbonyl (C=O) groups excluding carboxylic acids is 1. The van der Waals surface area contributed by atoms with Crippen molar-refractivity contribution >= 4 is 5.91 Å². The maximum Gasteiger partial charge on any atom is 0.261 e. The summed E-state index contributed by atoms with van der Waals surface area (Å²) in [6, 6.07) is 14.3. The standard InChI is InChI=1S/C19H17FN2O3/c20-15-7-5-13(6-8-15)17-9-16(23)11-22(17)19(24)12-25-18-4-2-1-3-14(18)10-21/h1-8,16-17,23H,9,11-12H2/t16-,17+/m0/s1. The average molecular weight is 340 g/mol. The summed E-state index contributed by atoms with van der Waals surface area (Å²) in [5, 5.41) is 19.0. The second kappa shape index (κ2) is 7.32. The lowest BCUT2D eigenvalue weighted by molar-refractivity contribution is -0.134. The van der Waals surface area contributed by atoms with Crippen LogP contribution in [0.1, 0.15) is 23.6 Å². The molecule has 1 aliphatic rings. The predicted octanol–water partition coefficient (Wildman–Crippen LogP) is 2.41. The fraction of sp³-hybridized carbons (Fsp3) is 0.263. The van der Waals surface area contributed by atoms with Crippen molar-refractivity contribution in [1.29, 1.82) is 5.26 Å². The molecule has 0 aliphatic carbocycles. The Bertz CT molecular complexity index is 801. The number of hydrogen-bond acceptors (Lipinski definition) is 4. The monoisotopic (exact) mass is 340 g/mol. The first-order valence-electron chi connectivity index (χ1n) is 7.93. The molecule has 5 nitrogen and oxygen atoms in total. The summed E-state index contributed by atoms with van der Waals surface area (Å²) in [6.07, 6.45) is -0.239. The summed E-state index contributed by atoms with van der Waals surface area (Å²) >= 11 is 0. The molecule has 25 heavy (non-hydrogen) atoms. The van der Waals surface area contributed by atoms with Gasteiger partial charge in [-0.3, -0.25) is 4.79 Å². The molecule has 2 atom stereocenters. The van der Waals surface area contributed by atoms with Crippen molar-refractivity contribution in [3.8, 4) is 11.8 Å². The van der Waals surface area contributed by atoms with Crippen LogP contribution in [0, 0.1) is 17.1 Å². The van der Waals surface area contributed by atoms with Crippen LogP contribution in [0.15, 0.2) is 48.5 Å². The highest BCUT2D eigenvalue weighted by atomic mass is 19.1. The molecule has 0 radical (unpaired) electrons. The van der Waals surface area contributed by atoms with Crippen LogP contribution in [0.2, 0.25) is 0 Å². The molecule has 6 heteroatoms. The number of likely N-dealkylation sites (tertiary alicyclic amines) is 1. The summed E-state index contributed by atoms with van der Waals surface area (Å²) in [7, 11) is 0. The van der Waals surface area contributed by atoms with Crippen molar-refractivity contribution in [2.45, 2.75) is 18.6 Å². The third-order valence-electron chi connectivity index (χ3n) is 4.21. The Balaban J connectivity index is 1.71. The molecule has 1 heterocycles. The lowest BCUT2D eigenvalue weighted by Crippen LogP contribution is -2.35. The van der Waals surface area contributed by atoms with Gasteiger partial charge in [0.1, 0.15) is 17.6 Å². The van der Waals surface area contributed by atoms with Crippen LogP contribution in [-0.4, -0.2) is 35.2 Å². The summed E-state index contributed by atoms with van der Waals surface area (Å²) in [6.45, 7) is -0.0345. The van der Waals surface area contributed by atoms with Crippen LogP contribution in [-0.2, 0) is 4.79 Å². The number of hydrogen-bond donors (Lipinski definition) is 1. The number of β-amino-alcohol motifs (C(OH)–C–C–N with tert-alkyl or cyclic N) is 1. The van der Waals surface area contributed by atoms with E-state index in [4.69, 9.17) is 10.00 Å². The quantitative estimate of drug-likeness (QED) is 0.928. The van der Waals surface area contributed by atoms with E-state index in [0.717, 1.165) is 5.56 Å². The molecule has 2 aromatic carbocycles. The molecule has 0 unspecified atom stereocenters. The zero-order valence-electron chi connectivity index (χ0n) is 13.4. The molecular formula is C19H17FN2O3. The van der Waals surface area contributed by atoms with Crippen molar-refractivity contribution in [1.82, 2.24) is 4.90 Å². The zero-order chi connectivity index (χ0) is 17.8. The van der Waals surface area contributed by atoms with E-state index in [1.807, 2.05) is 6.07 Å². The Morgan fingerprint density at radius 2 is 2.00 bits per heavy atom. The van der Waals surface area contributed by atoms with E-state index in [9.17, 15) is 14.3 Å². The first-order valence-corrected chi connectivity index (χ1v) is 7.93. The Kier molecular flexibility index (Phi) is 4.96. The van der Waals surface area contributed by atoms with Crippen molar-refractivity contribution < 1.29 is 19.0 Å². The third kappa shape index (κ3) is 3.78. The second-order valence-electron chi connectivity index (χ2n) is 5.90. The highest BCUT2D eigenvalue weighted by Crippen LogP contribution is 2.32. The summed E-state index contributed by atoms with van der Waals surface area (Å²) < 4.78 is 18.6. The van der Waals surface area contributed by atoms with Crippen LogP contribution in [0.3, 0.4) is 0 Å². The van der Waals surface area contributed by atoms with Crippen molar-refractivity contribution in [2.24, 2.45) is 0 Å². The van der Waals surface area contributed by atoms with Gasteiger partial charge in [0, 0.05) is 6.54 Å². The fourth-order valence-corrected chi connectivity index (χ4v) is 3.00. The molecule has 1 fully saturated rings. The molecule has 0 saturated carbocycles. The molecule has 128 valence electrons. The minimum Gasteiger partial charge on any atom is -0.482 e. The van der Waals surface area contributed by atoms with Crippen molar-refractivity contribution in [2.75, 3.05) is 13.2 Å². The lowest BCUT2D eigenvalue weighted by atomic mass is 10.0. The molecule has 1 N–H and O–H groups in total. The van der Waals surface area contributed by atoms with E-state index in [2.05, 4.69) is 0 Å². The summed E-state index contributed by atoms with van der Waals surface area (Å²) in [5.41, 5.74) is 1.12. The first-order chi connectivity index (χ1) is 12.1. The van der Waals surface area contributed by atoms with Gasteiger partial charge in [-0.2, -0.15) is 5.26 Å². The van der Waals surface area contributed by atoms with Crippen LogP contribution in [0.5, 0.6) is 5.75 Å². The van der Waals surface area contributed by atoms with Crippen molar-refractivity contribution in [3.05, 3.63) is 65.5 Å². The molecule has 0 bridgehead atoms. The molecular weight excluding hydrogens is 323 g/mol. The van der Waals surface area contributed by atoms with E-state index in [-0.39, 0.29) is 30.9 Å². The molecule has 1 saturated heterocycles. The van der Waals surface area contributed by atoms with E-state index in [0.29, 0.717) is 17.7 Å². The van der Waals surface area contributed by atoms with Gasteiger partial charge in [-0.25, -0.2) is 4.39 Å². The van der Waals surface area contributed by atoms with Gasteiger partial charge in [0.25, 0.3) is 5.91 Å². The number of carbonyl (C=O) groups is 1. The van der Waals surface area contributed by atoms with Gasteiger partial charge in [0.05, 0.1) is 17.7 Å². The zero-order valence-corrected chi connectivity index (χ0v) is 13.4. The highest BCUT2D eigenvalue weighted by Gasteiger charge is 2.35. The number of nitriles is 1. The largest absolute Gasteiger partial charge is 0.482 e. The number of nitrogens with zero attached hydrogens (tertiary/aromatic N) is 2. The maximum atomic E-state index is 13.1. The number of aliphatic hydroxyl groups is 1. The van der Waals surface area contributed by atoms with Gasteiger partial charge < -0.3 is 14.7 Å². The minimum atomic E-state index is -0.634. The Morgan fingerprint density at radius 3 is 2.72 bits per heavy atom. The topological polar surface area (TPSA) is 73.6 Å². The number of halogens is 1. The third-order valence-corrected chi connectivity index (χ3v) is 4.21. The Labute approximate surface area is 144 Å². The van der Waals surface area contributed by atoms with E-state index >= 15 is 0 Å². The number of amides is 1. The molecule has 2 aromatic rings. The van der Waals surface area contributed by atoms with Gasteiger partial charge in [0.15, 0.2) is 6.61 Å². The smallest absolute Gasteiger partial charge is 0.261 e. The van der Waals surface area contributed by atoms with E-state index in [1.54, 1.807) is 36.4 Å². The van der Waals surface area contributed by atoms with Gasteiger partial charge in [0.2, 0.25) is 0 Å². The number of benzene rings is 2. The number of para-hydroxylation sites is 1. The van der Waals surface area contributed by atoms with Gasteiger partial charge in [-0.05, 0) is 36.2 Å². The fourth-order valence-electron chi connectivity index (χ4n) is 3.00. The highest BCUT2D eigenvalue weighted by molar-refractivity contribution is 5.78. The molecule has 3 rings (SSSR count). The number of aliphatic hydroxyl groups excluding tert-OH is 1. The van der Waals surface area contributed by atoms with E-state index in [1.165, 1.54) is 17.0 Å². The molecule has 0 aromatic heterocycles. The van der Waals surface area contributed by atoms with Gasteiger partial charge >= 0.3 is 0 Å². The molecule has 1 amide bonds. The minimum absolute atomic E-state index is 0.199. The summed E-state index contributed by atoms with van der Waals surface area (Å²) in [5.74, 6) is -0.299. The SMILES string of the molecule is N#Cc1ccccc1OCC(=O)N1C[C@@H](O)C[C@@H]1c1ccc(F)cc1. The Morgan fingerprint density at radius 1 is 1.28 bits per heavy atom. The van der Waals surface area contributed by atoms with Crippen LogP contribution >= 0.6 is 0 Å². The summed E-state index contributed by atoms with van der Waals surface area (Å²) in [4.78, 5) is 14.1. The second-order valence-corrected chi connectivity index (χ2v) is 5.90. The number of rotatable bonds is 4. The van der Waals surface area contributed by atoms with E-state index < -0.39 is 6.10 Å². The lowest BCUT2D eigenvalue weighted by Gasteiger charge is -2.25. The predicted molar refractivity (Wildman–Crippen MR) is 88.1 cm³/mol. The van der Waals surface area contributed by atoms with Crippen LogP contribution < -0.4 is 4.74 Å². The van der Waals surface area contributed by atoms with Gasteiger partial charge in [-0.15, -0.1) is 0 Å². The Hall–Kier alpha value is -2.91. The van der Waals surface area contributed by atoms with Crippen molar-refractivity contribution in [3.63, 3.8) is 0 Å². The van der Waals surface area contributed by atoms with Crippen LogP contribution in [0.4, 0.5) is 4.39 Å². The average Bonchev–Trinajstić information content (AvgIpc) is 3.02. The number of ether oxygens (including phenoxy) is 1. The molecule has 0 spiro atoms. The van der Waals surface area contributed by atoms with Crippen LogP contribution in [0.25, 0.3) is 0 Å². The first kappa shape index (κ1) is 16.9. The van der Waals surface area contributed by atoms with Gasteiger partial charge in [-0.1, -0.05) is 24.3 Å². The molecule has 1 aliphatic heterocycles.